The van der Waals surface area contributed by atoms with Crippen LogP contribution in [0.4, 0.5) is 0 Å². The molecule has 1 amide bonds. The normalized spacial score (nSPS) is 13.2. The number of ether oxygens (including phenoxy) is 1. The summed E-state index contributed by atoms with van der Waals surface area (Å²) in [6.07, 6.45) is 0.0957. The molecule has 0 heterocycles. The van der Waals surface area contributed by atoms with Crippen LogP contribution in [-0.2, 0) is 4.79 Å². The fourth-order valence-corrected chi connectivity index (χ4v) is 1.85. The minimum Gasteiger partial charge on any atom is -0.491 e. The highest BCUT2D eigenvalue weighted by atomic mass is 35.5. The number of rotatable bonds is 6. The molecule has 4 heteroatoms. The number of hydrogen-bond acceptors (Lipinski definition) is 2. The monoisotopic (exact) mass is 297 g/mol. The van der Waals surface area contributed by atoms with E-state index in [9.17, 15) is 4.79 Å². The quantitative estimate of drug-likeness (QED) is 0.808. The molecule has 3 nitrogen and oxygen atoms in total. The first kappa shape index (κ1) is 16.8. The molecule has 1 unspecified atom stereocenters. The smallest absolute Gasteiger partial charge is 0.227 e. The van der Waals surface area contributed by atoms with Crippen LogP contribution < -0.4 is 10.1 Å². The van der Waals surface area contributed by atoms with E-state index in [-0.39, 0.29) is 23.9 Å². The average molecular weight is 298 g/mol. The van der Waals surface area contributed by atoms with Crippen molar-refractivity contribution in [2.45, 2.75) is 46.8 Å². The maximum absolute atomic E-state index is 12.2. The average Bonchev–Trinajstić information content (AvgIpc) is 2.38. The Bertz CT molecular complexity index is 458. The van der Waals surface area contributed by atoms with Crippen molar-refractivity contribution in [3.63, 3.8) is 0 Å². The number of benzene rings is 1. The molecule has 1 aromatic rings. The van der Waals surface area contributed by atoms with Gasteiger partial charge in [-0.3, -0.25) is 4.79 Å². The number of nitrogens with one attached hydrogen (secondary N) is 1. The van der Waals surface area contributed by atoms with Gasteiger partial charge in [-0.25, -0.2) is 0 Å². The lowest BCUT2D eigenvalue weighted by atomic mass is 9.94. The molecule has 0 aliphatic rings. The van der Waals surface area contributed by atoms with Crippen LogP contribution in [0.15, 0.2) is 24.3 Å². The van der Waals surface area contributed by atoms with Gasteiger partial charge in [-0.2, -0.15) is 0 Å². The van der Waals surface area contributed by atoms with Gasteiger partial charge >= 0.3 is 0 Å². The first-order valence-electron chi connectivity index (χ1n) is 6.90. The van der Waals surface area contributed by atoms with Gasteiger partial charge in [0.1, 0.15) is 5.75 Å². The summed E-state index contributed by atoms with van der Waals surface area (Å²) in [6.45, 7) is 9.58. The van der Waals surface area contributed by atoms with Gasteiger partial charge in [0.05, 0.1) is 17.6 Å². The number of alkyl halides is 1. The van der Waals surface area contributed by atoms with E-state index in [0.717, 1.165) is 11.3 Å². The van der Waals surface area contributed by atoms with E-state index < -0.39 is 5.41 Å². The maximum Gasteiger partial charge on any atom is 0.227 e. The second-order valence-corrected chi connectivity index (χ2v) is 6.18. The van der Waals surface area contributed by atoms with E-state index in [1.165, 1.54) is 0 Å². The third kappa shape index (κ3) is 4.41. The summed E-state index contributed by atoms with van der Waals surface area (Å²) < 4.78 is 5.78. The Hall–Kier alpha value is -1.22. The van der Waals surface area contributed by atoms with Crippen molar-refractivity contribution in [2.24, 2.45) is 5.41 Å². The van der Waals surface area contributed by atoms with Gasteiger partial charge in [-0.15, -0.1) is 11.6 Å². The highest BCUT2D eigenvalue weighted by Gasteiger charge is 2.28. The van der Waals surface area contributed by atoms with E-state index >= 15 is 0 Å². The molecule has 1 atom stereocenters. The van der Waals surface area contributed by atoms with Crippen LogP contribution >= 0.6 is 11.6 Å². The minimum absolute atomic E-state index is 0.0562. The highest BCUT2D eigenvalue weighted by molar-refractivity contribution is 6.19. The van der Waals surface area contributed by atoms with Crippen molar-refractivity contribution < 1.29 is 9.53 Å². The fourth-order valence-electron chi connectivity index (χ4n) is 1.73. The van der Waals surface area contributed by atoms with Crippen molar-refractivity contribution in [1.29, 1.82) is 0 Å². The van der Waals surface area contributed by atoms with E-state index in [1.54, 1.807) is 0 Å². The zero-order valence-electron chi connectivity index (χ0n) is 12.9. The first-order valence-corrected chi connectivity index (χ1v) is 7.44. The largest absolute Gasteiger partial charge is 0.491 e. The highest BCUT2D eigenvalue weighted by Crippen LogP contribution is 2.27. The molecule has 20 heavy (non-hydrogen) atoms. The van der Waals surface area contributed by atoms with E-state index in [4.69, 9.17) is 16.3 Å². The van der Waals surface area contributed by atoms with E-state index in [1.807, 2.05) is 58.9 Å². The molecule has 0 saturated carbocycles. The van der Waals surface area contributed by atoms with Crippen LogP contribution in [0.3, 0.4) is 0 Å². The third-order valence-corrected chi connectivity index (χ3v) is 3.71. The zero-order valence-corrected chi connectivity index (χ0v) is 13.6. The molecular weight excluding hydrogens is 274 g/mol. The molecule has 1 N–H and O–H groups in total. The van der Waals surface area contributed by atoms with Crippen LogP contribution in [0.1, 0.15) is 46.2 Å². The van der Waals surface area contributed by atoms with Crippen molar-refractivity contribution in [3.05, 3.63) is 29.8 Å². The maximum atomic E-state index is 12.2. The SMILES string of the molecule is CC(C)Oc1ccccc1C(C)NC(=O)C(C)(C)CCl. The minimum atomic E-state index is -0.580. The summed E-state index contributed by atoms with van der Waals surface area (Å²) >= 11 is 5.83. The zero-order chi connectivity index (χ0) is 15.3. The summed E-state index contributed by atoms with van der Waals surface area (Å²) in [4.78, 5) is 12.2. The van der Waals surface area contributed by atoms with Crippen molar-refractivity contribution in [1.82, 2.24) is 5.32 Å². The summed E-state index contributed by atoms with van der Waals surface area (Å²) in [5, 5.41) is 3.00. The second-order valence-electron chi connectivity index (χ2n) is 5.92. The summed E-state index contributed by atoms with van der Waals surface area (Å²) in [5.41, 5.74) is 0.392. The lowest BCUT2D eigenvalue weighted by Crippen LogP contribution is -2.39. The second kappa shape index (κ2) is 6.98. The number of amides is 1. The number of hydrogen-bond donors (Lipinski definition) is 1. The van der Waals surface area contributed by atoms with Crippen LogP contribution in [0.5, 0.6) is 5.75 Å². The molecule has 0 saturated heterocycles. The molecule has 0 bridgehead atoms. The van der Waals surface area contributed by atoms with Crippen molar-refractivity contribution >= 4 is 17.5 Å². The Kier molecular flexibility index (Phi) is 5.88. The molecule has 0 aliphatic carbocycles. The van der Waals surface area contributed by atoms with Crippen LogP contribution in [-0.4, -0.2) is 17.9 Å². The summed E-state index contributed by atoms with van der Waals surface area (Å²) in [6, 6.07) is 7.64. The molecule has 0 aliphatic heterocycles. The molecule has 112 valence electrons. The molecule has 0 fully saturated rings. The summed E-state index contributed by atoms with van der Waals surface area (Å²) in [5.74, 6) is 1.04. The molecule has 0 aromatic heterocycles. The lowest BCUT2D eigenvalue weighted by molar-refractivity contribution is -0.129. The van der Waals surface area contributed by atoms with E-state index in [0.29, 0.717) is 0 Å². The Morgan fingerprint density at radius 1 is 1.30 bits per heavy atom. The number of carbonyl (C=O) groups excluding carboxylic acids is 1. The van der Waals surface area contributed by atoms with Gasteiger partial charge < -0.3 is 10.1 Å². The van der Waals surface area contributed by atoms with E-state index in [2.05, 4.69) is 5.32 Å². The lowest BCUT2D eigenvalue weighted by Gasteiger charge is -2.25. The molecule has 1 aromatic carbocycles. The van der Waals surface area contributed by atoms with Gasteiger partial charge in [-0.1, -0.05) is 18.2 Å². The third-order valence-electron chi connectivity index (χ3n) is 3.04. The Labute approximate surface area is 126 Å². The molecular formula is C16H24ClNO2. The molecule has 1 rings (SSSR count). The first-order chi connectivity index (χ1) is 9.27. The number of para-hydroxylation sites is 1. The topological polar surface area (TPSA) is 38.3 Å². The standard InChI is InChI=1S/C16H24ClNO2/c1-11(2)20-14-9-7-6-8-13(14)12(3)18-15(19)16(4,5)10-17/h6-9,11-12H,10H2,1-5H3,(H,18,19). The van der Waals surface area contributed by atoms with Crippen LogP contribution in [0, 0.1) is 5.41 Å². The Balaban J connectivity index is 2.87. The van der Waals surface area contributed by atoms with Gasteiger partial charge in [0.2, 0.25) is 5.91 Å². The number of carbonyl (C=O) groups is 1. The Morgan fingerprint density at radius 3 is 2.45 bits per heavy atom. The van der Waals surface area contributed by atoms with Gasteiger partial charge in [0.15, 0.2) is 0 Å². The van der Waals surface area contributed by atoms with Gasteiger partial charge in [0, 0.05) is 11.4 Å². The predicted molar refractivity (Wildman–Crippen MR) is 83.3 cm³/mol. The van der Waals surface area contributed by atoms with Gasteiger partial charge in [-0.05, 0) is 40.7 Å². The molecule has 0 spiro atoms. The van der Waals surface area contributed by atoms with Crippen molar-refractivity contribution in [3.8, 4) is 5.75 Å². The van der Waals surface area contributed by atoms with Crippen molar-refractivity contribution in [2.75, 3.05) is 5.88 Å². The van der Waals surface area contributed by atoms with Gasteiger partial charge in [0.25, 0.3) is 0 Å². The Morgan fingerprint density at radius 2 is 1.90 bits per heavy atom. The predicted octanol–water partition coefficient (Wildman–Crippen LogP) is 3.92. The number of halogens is 1. The van der Waals surface area contributed by atoms with Crippen LogP contribution in [0.2, 0.25) is 0 Å². The summed E-state index contributed by atoms with van der Waals surface area (Å²) in [7, 11) is 0. The fraction of sp³-hybridized carbons (Fsp3) is 0.562. The van der Waals surface area contributed by atoms with Crippen LogP contribution in [0.25, 0.3) is 0 Å². The molecule has 0 radical (unpaired) electrons.